The van der Waals surface area contributed by atoms with E-state index in [0.29, 0.717) is 17.9 Å². The van der Waals surface area contributed by atoms with Crippen molar-refractivity contribution in [2.45, 2.75) is 24.8 Å². The van der Waals surface area contributed by atoms with Gasteiger partial charge in [-0.15, -0.1) is 0 Å². The third-order valence-electron chi connectivity index (χ3n) is 5.02. The lowest BCUT2D eigenvalue weighted by Gasteiger charge is -2.18. The van der Waals surface area contributed by atoms with Crippen molar-refractivity contribution in [1.29, 1.82) is 0 Å². The summed E-state index contributed by atoms with van der Waals surface area (Å²) in [5.41, 5.74) is 1.83. The van der Waals surface area contributed by atoms with E-state index in [-0.39, 0.29) is 23.8 Å². The van der Waals surface area contributed by atoms with Gasteiger partial charge in [0.15, 0.2) is 0 Å². The van der Waals surface area contributed by atoms with Crippen molar-refractivity contribution < 1.29 is 9.59 Å². The second kappa shape index (κ2) is 8.05. The van der Waals surface area contributed by atoms with E-state index < -0.39 is 0 Å². The summed E-state index contributed by atoms with van der Waals surface area (Å²) in [5.74, 6) is -0.473. The molecule has 4 rings (SSSR count). The molecule has 148 valence electrons. The number of halogens is 1. The Labute approximate surface area is 173 Å². The van der Waals surface area contributed by atoms with Crippen molar-refractivity contribution >= 4 is 29.1 Å². The highest BCUT2D eigenvalue weighted by Crippen LogP contribution is 2.49. The molecule has 0 saturated heterocycles. The molecule has 0 spiro atoms. The molecule has 8 heteroatoms. The molecule has 29 heavy (non-hydrogen) atoms. The fourth-order valence-electron chi connectivity index (χ4n) is 3.26. The Bertz CT molecular complexity index is 1030. The van der Waals surface area contributed by atoms with Gasteiger partial charge in [-0.25, -0.2) is 0 Å². The first-order valence-corrected chi connectivity index (χ1v) is 9.70. The Balaban J connectivity index is 1.31. The Kier molecular flexibility index (Phi) is 5.31. The molecule has 0 radical (unpaired) electrons. The normalized spacial score (nSPS) is 14.2. The molecule has 2 amide bonds. The molecule has 0 unspecified atom stereocenters. The maximum atomic E-state index is 12.4. The molecule has 1 aromatic carbocycles. The summed E-state index contributed by atoms with van der Waals surface area (Å²) in [7, 11) is 0. The molecule has 0 bridgehead atoms. The smallest absolute Gasteiger partial charge is 0.274 e. The minimum Gasteiger partial charge on any atom is -0.354 e. The van der Waals surface area contributed by atoms with Crippen LogP contribution in [-0.4, -0.2) is 33.1 Å². The second-order valence-electron chi connectivity index (χ2n) is 7.13. The van der Waals surface area contributed by atoms with Crippen molar-refractivity contribution in [2.24, 2.45) is 0 Å². The van der Waals surface area contributed by atoms with E-state index in [1.54, 1.807) is 30.6 Å². The molecule has 7 nitrogen and oxygen atoms in total. The number of pyridine rings is 1. The SMILES string of the molecule is O=C(Cn1cc(NC(=O)c2ccccn2)cn1)NCC1(c2ccccc2Cl)CC1. The topological polar surface area (TPSA) is 88.9 Å². The molecule has 1 saturated carbocycles. The number of carbonyl (C=O) groups excluding carboxylic acids is 2. The zero-order chi connectivity index (χ0) is 20.3. The minimum atomic E-state index is -0.329. The van der Waals surface area contributed by atoms with Crippen LogP contribution in [0.25, 0.3) is 0 Å². The standard InChI is InChI=1S/C21H20ClN5O2/c22-17-6-2-1-5-16(17)21(8-9-21)14-24-19(28)13-27-12-15(11-25-27)26-20(29)18-7-3-4-10-23-18/h1-7,10-12H,8-9,13-14H2,(H,24,28)(H,26,29). The van der Waals surface area contributed by atoms with Crippen molar-refractivity contribution in [1.82, 2.24) is 20.1 Å². The molecule has 1 aliphatic carbocycles. The molecule has 0 aliphatic heterocycles. The maximum absolute atomic E-state index is 12.4. The Morgan fingerprint density at radius 2 is 1.93 bits per heavy atom. The third-order valence-corrected chi connectivity index (χ3v) is 5.35. The van der Waals surface area contributed by atoms with E-state index >= 15 is 0 Å². The van der Waals surface area contributed by atoms with Crippen LogP contribution in [0.2, 0.25) is 5.02 Å². The predicted molar refractivity (Wildman–Crippen MR) is 110 cm³/mol. The lowest BCUT2D eigenvalue weighted by atomic mass is 9.96. The van der Waals surface area contributed by atoms with Crippen molar-refractivity contribution in [3.05, 3.63) is 77.3 Å². The van der Waals surface area contributed by atoms with E-state index in [2.05, 4.69) is 20.7 Å². The molecule has 2 N–H and O–H groups in total. The van der Waals surface area contributed by atoms with Crippen LogP contribution in [0.1, 0.15) is 28.9 Å². The first-order chi connectivity index (χ1) is 14.1. The van der Waals surface area contributed by atoms with Gasteiger partial charge < -0.3 is 10.6 Å². The summed E-state index contributed by atoms with van der Waals surface area (Å²) >= 11 is 6.32. The summed E-state index contributed by atoms with van der Waals surface area (Å²) in [6.07, 6.45) is 6.67. The number of nitrogens with one attached hydrogen (secondary N) is 2. The van der Waals surface area contributed by atoms with Crippen molar-refractivity contribution in [2.75, 3.05) is 11.9 Å². The van der Waals surface area contributed by atoms with Crippen LogP contribution < -0.4 is 10.6 Å². The van der Waals surface area contributed by atoms with Gasteiger partial charge >= 0.3 is 0 Å². The van der Waals surface area contributed by atoms with Crippen molar-refractivity contribution in [3.63, 3.8) is 0 Å². The van der Waals surface area contributed by atoms with Gasteiger partial charge in [-0.2, -0.15) is 5.10 Å². The molecule has 2 heterocycles. The highest BCUT2D eigenvalue weighted by atomic mass is 35.5. The van der Waals surface area contributed by atoms with Crippen LogP contribution in [0.15, 0.2) is 61.1 Å². The van der Waals surface area contributed by atoms with Crippen LogP contribution in [0.4, 0.5) is 5.69 Å². The van der Waals surface area contributed by atoms with E-state index in [1.165, 1.54) is 10.9 Å². The van der Waals surface area contributed by atoms with E-state index in [1.807, 2.05) is 24.3 Å². The zero-order valence-electron chi connectivity index (χ0n) is 15.6. The number of anilines is 1. The van der Waals surface area contributed by atoms with Crippen LogP contribution in [0.5, 0.6) is 0 Å². The minimum absolute atomic E-state index is 0.0675. The summed E-state index contributed by atoms with van der Waals surface area (Å²) in [5, 5.41) is 10.6. The summed E-state index contributed by atoms with van der Waals surface area (Å²) in [4.78, 5) is 28.5. The van der Waals surface area contributed by atoms with Crippen LogP contribution in [0.3, 0.4) is 0 Å². The number of hydrogen-bond donors (Lipinski definition) is 2. The van der Waals surface area contributed by atoms with E-state index in [0.717, 1.165) is 23.4 Å². The first-order valence-electron chi connectivity index (χ1n) is 9.32. The number of aromatic nitrogens is 3. The van der Waals surface area contributed by atoms with Gasteiger partial charge in [0.1, 0.15) is 12.2 Å². The average molecular weight is 410 g/mol. The highest BCUT2D eigenvalue weighted by molar-refractivity contribution is 6.31. The predicted octanol–water partition coefficient (Wildman–Crippen LogP) is 3.03. The first kappa shape index (κ1) is 19.1. The molecule has 2 aromatic heterocycles. The van der Waals surface area contributed by atoms with E-state index in [4.69, 9.17) is 11.6 Å². The lowest BCUT2D eigenvalue weighted by molar-refractivity contribution is -0.121. The number of rotatable bonds is 7. The summed E-state index contributed by atoms with van der Waals surface area (Å²) in [6, 6.07) is 12.9. The Morgan fingerprint density at radius 1 is 1.14 bits per heavy atom. The number of carbonyl (C=O) groups is 2. The average Bonchev–Trinajstić information content (AvgIpc) is 3.40. The summed E-state index contributed by atoms with van der Waals surface area (Å²) < 4.78 is 1.48. The van der Waals surface area contributed by atoms with Gasteiger partial charge in [0.25, 0.3) is 5.91 Å². The zero-order valence-corrected chi connectivity index (χ0v) is 16.4. The summed E-state index contributed by atoms with van der Waals surface area (Å²) in [6.45, 7) is 0.609. The molecular weight excluding hydrogens is 390 g/mol. The Hall–Kier alpha value is -3.19. The fraction of sp³-hybridized carbons (Fsp3) is 0.238. The monoisotopic (exact) mass is 409 g/mol. The fourth-order valence-corrected chi connectivity index (χ4v) is 3.60. The lowest BCUT2D eigenvalue weighted by Crippen LogP contribution is -2.34. The second-order valence-corrected chi connectivity index (χ2v) is 7.54. The van der Waals surface area contributed by atoms with Gasteiger partial charge in [-0.05, 0) is 36.6 Å². The van der Waals surface area contributed by atoms with Crippen LogP contribution in [0, 0.1) is 0 Å². The number of amides is 2. The number of benzene rings is 1. The van der Waals surface area contributed by atoms with Crippen LogP contribution >= 0.6 is 11.6 Å². The quantitative estimate of drug-likeness (QED) is 0.627. The number of hydrogen-bond acceptors (Lipinski definition) is 4. The van der Waals surface area contributed by atoms with Gasteiger partial charge in [-0.1, -0.05) is 35.9 Å². The van der Waals surface area contributed by atoms with Gasteiger partial charge in [0, 0.05) is 29.4 Å². The van der Waals surface area contributed by atoms with Gasteiger partial charge in [0.05, 0.1) is 11.9 Å². The van der Waals surface area contributed by atoms with Gasteiger partial charge in [0.2, 0.25) is 5.91 Å². The molecule has 1 aliphatic rings. The Morgan fingerprint density at radius 3 is 2.66 bits per heavy atom. The molecule has 1 fully saturated rings. The molecular formula is C21H20ClN5O2. The van der Waals surface area contributed by atoms with Crippen molar-refractivity contribution in [3.8, 4) is 0 Å². The van der Waals surface area contributed by atoms with Crippen LogP contribution in [-0.2, 0) is 16.8 Å². The highest BCUT2D eigenvalue weighted by Gasteiger charge is 2.45. The largest absolute Gasteiger partial charge is 0.354 e. The maximum Gasteiger partial charge on any atom is 0.274 e. The molecule has 0 atom stereocenters. The molecule has 3 aromatic rings. The third kappa shape index (κ3) is 4.46. The van der Waals surface area contributed by atoms with Gasteiger partial charge in [-0.3, -0.25) is 19.3 Å². The van der Waals surface area contributed by atoms with E-state index in [9.17, 15) is 9.59 Å². The number of nitrogens with zero attached hydrogens (tertiary/aromatic N) is 3.